The van der Waals surface area contributed by atoms with Crippen LogP contribution in [-0.2, 0) is 11.2 Å². The third-order valence-electron chi connectivity index (χ3n) is 6.19. The summed E-state index contributed by atoms with van der Waals surface area (Å²) in [6.45, 7) is 2.07. The topological polar surface area (TPSA) is 46.9 Å². The summed E-state index contributed by atoms with van der Waals surface area (Å²) in [5.74, 6) is -0.0842. The lowest BCUT2D eigenvalue weighted by Crippen LogP contribution is -2.29. The van der Waals surface area contributed by atoms with Gasteiger partial charge >= 0.3 is 0 Å². The van der Waals surface area contributed by atoms with Crippen molar-refractivity contribution in [3.05, 3.63) is 113 Å². The Kier molecular flexibility index (Phi) is 5.90. The second kappa shape index (κ2) is 9.29. The number of nitrogens with one attached hydrogen (secondary N) is 1. The zero-order valence-electron chi connectivity index (χ0n) is 18.7. The summed E-state index contributed by atoms with van der Waals surface area (Å²) in [6.07, 6.45) is 8.61. The van der Waals surface area contributed by atoms with Crippen LogP contribution in [0.3, 0.4) is 0 Å². The molecule has 0 spiro atoms. The molecular formula is C29H27N3O. The average Bonchev–Trinajstić information content (AvgIpc) is 3.28. The maximum absolute atomic E-state index is 12.8. The van der Waals surface area contributed by atoms with Crippen molar-refractivity contribution in [1.82, 2.24) is 15.1 Å². The fraction of sp³-hybridized carbons (Fsp3) is 0.172. The first-order valence-corrected chi connectivity index (χ1v) is 11.5. The average molecular weight is 434 g/mol. The van der Waals surface area contributed by atoms with Gasteiger partial charge in [0, 0.05) is 23.4 Å². The first-order valence-electron chi connectivity index (χ1n) is 11.5. The predicted molar refractivity (Wildman–Crippen MR) is 133 cm³/mol. The molecule has 1 aromatic heterocycles. The largest absolute Gasteiger partial charge is 0.346 e. The van der Waals surface area contributed by atoms with Crippen LogP contribution in [0.4, 0.5) is 0 Å². The Morgan fingerprint density at radius 1 is 1.00 bits per heavy atom. The lowest BCUT2D eigenvalue weighted by atomic mass is 9.88. The van der Waals surface area contributed by atoms with Gasteiger partial charge in [0.1, 0.15) is 0 Å². The van der Waals surface area contributed by atoms with Crippen LogP contribution in [-0.4, -0.2) is 15.7 Å². The molecule has 1 atom stereocenters. The molecule has 1 aliphatic carbocycles. The van der Waals surface area contributed by atoms with E-state index in [1.807, 2.05) is 53.4 Å². The van der Waals surface area contributed by atoms with Gasteiger partial charge in [0.2, 0.25) is 5.91 Å². The summed E-state index contributed by atoms with van der Waals surface area (Å²) >= 11 is 0. The number of aromatic nitrogens is 2. The zero-order chi connectivity index (χ0) is 22.6. The van der Waals surface area contributed by atoms with Gasteiger partial charge in [-0.25, -0.2) is 4.68 Å². The first kappa shape index (κ1) is 21.0. The first-order chi connectivity index (χ1) is 16.2. The molecule has 4 nitrogen and oxygen atoms in total. The third kappa shape index (κ3) is 4.65. The lowest BCUT2D eigenvalue weighted by Gasteiger charge is -2.25. The monoisotopic (exact) mass is 433 g/mol. The van der Waals surface area contributed by atoms with E-state index in [0.29, 0.717) is 0 Å². The minimum Gasteiger partial charge on any atom is -0.346 e. The Labute approximate surface area is 194 Å². The summed E-state index contributed by atoms with van der Waals surface area (Å²) in [4.78, 5) is 12.8. The zero-order valence-corrected chi connectivity index (χ0v) is 18.7. The number of carbonyl (C=O) groups is 1. The van der Waals surface area contributed by atoms with Gasteiger partial charge in [-0.05, 0) is 55.5 Å². The quantitative estimate of drug-likeness (QED) is 0.389. The van der Waals surface area contributed by atoms with Gasteiger partial charge < -0.3 is 5.32 Å². The van der Waals surface area contributed by atoms with E-state index in [1.54, 1.807) is 6.08 Å². The number of aryl methyl sites for hydroxylation is 2. The van der Waals surface area contributed by atoms with Gasteiger partial charge in [-0.15, -0.1) is 0 Å². The van der Waals surface area contributed by atoms with Gasteiger partial charge in [0.25, 0.3) is 0 Å². The van der Waals surface area contributed by atoms with E-state index >= 15 is 0 Å². The Morgan fingerprint density at radius 3 is 2.58 bits per heavy atom. The van der Waals surface area contributed by atoms with Crippen LogP contribution in [0.15, 0.2) is 91.1 Å². The maximum atomic E-state index is 12.8. The Morgan fingerprint density at radius 2 is 1.76 bits per heavy atom. The fourth-order valence-corrected chi connectivity index (χ4v) is 4.45. The number of carbonyl (C=O) groups excluding carboxylic acids is 1. The fourth-order valence-electron chi connectivity index (χ4n) is 4.45. The molecule has 0 aliphatic heterocycles. The number of rotatable bonds is 5. The minimum atomic E-state index is -0.0842. The summed E-state index contributed by atoms with van der Waals surface area (Å²) in [6, 6.07) is 26.8. The van der Waals surface area contributed by atoms with Crippen molar-refractivity contribution in [2.75, 3.05) is 0 Å². The van der Waals surface area contributed by atoms with Crippen molar-refractivity contribution in [3.8, 4) is 16.9 Å². The minimum absolute atomic E-state index is 0.0655. The van der Waals surface area contributed by atoms with Crippen molar-refractivity contribution in [2.24, 2.45) is 0 Å². The third-order valence-corrected chi connectivity index (χ3v) is 6.19. The molecule has 33 heavy (non-hydrogen) atoms. The van der Waals surface area contributed by atoms with Crippen LogP contribution >= 0.6 is 0 Å². The molecule has 0 saturated heterocycles. The summed E-state index contributed by atoms with van der Waals surface area (Å²) in [5, 5.41) is 8.03. The molecule has 1 amide bonds. The van der Waals surface area contributed by atoms with Gasteiger partial charge in [0.05, 0.1) is 17.4 Å². The Hall–Kier alpha value is -3.92. The second-order valence-electron chi connectivity index (χ2n) is 8.56. The SMILES string of the molecule is Cc1ccc(-c2nn(-c3ccccc3)cc2/C=C/C(=O)N[C@@H]2CCCc3ccccc32)cc1. The highest BCUT2D eigenvalue weighted by Gasteiger charge is 2.20. The number of hydrogen-bond donors (Lipinski definition) is 1. The number of amides is 1. The van der Waals surface area contributed by atoms with E-state index in [2.05, 4.69) is 54.7 Å². The molecule has 164 valence electrons. The number of para-hydroxylation sites is 1. The standard InChI is InChI=1S/C29H27N3O/c1-21-14-16-23(17-15-21)29-24(20-32(31-29)25-10-3-2-4-11-25)18-19-28(33)30-27-13-7-9-22-8-5-6-12-26(22)27/h2-6,8,10-12,14-20,27H,7,9,13H2,1H3,(H,30,33)/b19-18+/t27-/m1/s1. The van der Waals surface area contributed by atoms with E-state index < -0.39 is 0 Å². The molecule has 0 fully saturated rings. The molecule has 4 aromatic rings. The predicted octanol–water partition coefficient (Wildman–Crippen LogP) is 6.05. The van der Waals surface area contributed by atoms with Crippen LogP contribution in [0.1, 0.15) is 41.1 Å². The van der Waals surface area contributed by atoms with E-state index in [4.69, 9.17) is 5.10 Å². The molecule has 1 heterocycles. The van der Waals surface area contributed by atoms with Gasteiger partial charge in [0.15, 0.2) is 0 Å². The summed E-state index contributed by atoms with van der Waals surface area (Å²) in [7, 11) is 0. The maximum Gasteiger partial charge on any atom is 0.244 e. The van der Waals surface area contributed by atoms with E-state index in [0.717, 1.165) is 41.8 Å². The number of hydrogen-bond acceptors (Lipinski definition) is 2. The van der Waals surface area contributed by atoms with Crippen LogP contribution in [0.2, 0.25) is 0 Å². The number of fused-ring (bicyclic) bond motifs is 1. The molecule has 0 radical (unpaired) electrons. The van der Waals surface area contributed by atoms with Crippen molar-refractivity contribution in [1.29, 1.82) is 0 Å². The second-order valence-corrected chi connectivity index (χ2v) is 8.56. The van der Waals surface area contributed by atoms with Crippen LogP contribution in [0.5, 0.6) is 0 Å². The van der Waals surface area contributed by atoms with E-state index in [-0.39, 0.29) is 11.9 Å². The van der Waals surface area contributed by atoms with E-state index in [9.17, 15) is 4.79 Å². The van der Waals surface area contributed by atoms with Crippen molar-refractivity contribution in [2.45, 2.75) is 32.2 Å². The van der Waals surface area contributed by atoms with Crippen molar-refractivity contribution < 1.29 is 4.79 Å². The van der Waals surface area contributed by atoms with Crippen LogP contribution in [0.25, 0.3) is 23.0 Å². The van der Waals surface area contributed by atoms with Crippen molar-refractivity contribution >= 4 is 12.0 Å². The van der Waals surface area contributed by atoms with E-state index in [1.165, 1.54) is 16.7 Å². The van der Waals surface area contributed by atoms with Gasteiger partial charge in [-0.2, -0.15) is 5.10 Å². The summed E-state index contributed by atoms with van der Waals surface area (Å²) < 4.78 is 1.87. The number of benzene rings is 3. The molecule has 0 saturated carbocycles. The molecular weight excluding hydrogens is 406 g/mol. The smallest absolute Gasteiger partial charge is 0.244 e. The molecule has 4 heteroatoms. The lowest BCUT2D eigenvalue weighted by molar-refractivity contribution is -0.117. The highest BCUT2D eigenvalue weighted by atomic mass is 16.1. The van der Waals surface area contributed by atoms with Crippen LogP contribution < -0.4 is 5.32 Å². The molecule has 1 N–H and O–H groups in total. The highest BCUT2D eigenvalue weighted by molar-refractivity contribution is 5.93. The Bertz CT molecular complexity index is 1290. The van der Waals surface area contributed by atoms with Gasteiger partial charge in [-0.3, -0.25) is 4.79 Å². The molecule has 5 rings (SSSR count). The molecule has 0 bridgehead atoms. The normalized spacial score (nSPS) is 15.4. The number of nitrogens with zero attached hydrogens (tertiary/aromatic N) is 2. The van der Waals surface area contributed by atoms with Gasteiger partial charge in [-0.1, -0.05) is 72.3 Å². The highest BCUT2D eigenvalue weighted by Crippen LogP contribution is 2.29. The van der Waals surface area contributed by atoms with Crippen molar-refractivity contribution in [3.63, 3.8) is 0 Å². The molecule has 1 aliphatic rings. The Balaban J connectivity index is 1.42. The molecule has 3 aromatic carbocycles. The molecule has 0 unspecified atom stereocenters. The van der Waals surface area contributed by atoms with Crippen LogP contribution in [0, 0.1) is 6.92 Å². The summed E-state index contributed by atoms with van der Waals surface area (Å²) in [5.41, 5.74) is 7.54.